The molecular weight excluding hydrogens is 246 g/mol. The minimum absolute atomic E-state index is 0.179. The fourth-order valence-electron chi connectivity index (χ4n) is 1.82. The monoisotopic (exact) mass is 257 g/mol. The van der Waals surface area contributed by atoms with Crippen molar-refractivity contribution in [3.05, 3.63) is 52.2 Å². The second-order valence-electron chi connectivity index (χ2n) is 4.10. The first kappa shape index (κ1) is 11.5. The first-order valence-corrected chi connectivity index (χ1v) is 5.74. The highest BCUT2D eigenvalue weighted by molar-refractivity contribution is 5.73. The van der Waals surface area contributed by atoms with Gasteiger partial charge in [-0.15, -0.1) is 5.10 Å². The van der Waals surface area contributed by atoms with Crippen molar-refractivity contribution in [2.45, 2.75) is 13.2 Å². The summed E-state index contributed by atoms with van der Waals surface area (Å²) in [5.74, 6) is 0. The number of fused-ring (bicyclic) bond motifs is 1. The third kappa shape index (κ3) is 2.23. The molecule has 19 heavy (non-hydrogen) atoms. The molecule has 0 saturated carbocycles. The highest BCUT2D eigenvalue weighted by atomic mass is 16.3. The average Bonchev–Trinajstić information content (AvgIpc) is 2.87. The van der Waals surface area contributed by atoms with Crippen molar-refractivity contribution < 1.29 is 5.11 Å². The maximum atomic E-state index is 11.9. The number of aromatic amines is 1. The quantitative estimate of drug-likeness (QED) is 0.691. The van der Waals surface area contributed by atoms with Crippen LogP contribution in [0.4, 0.5) is 0 Å². The van der Waals surface area contributed by atoms with E-state index in [4.69, 9.17) is 5.11 Å². The Morgan fingerprint density at radius 3 is 2.95 bits per heavy atom. The number of hydrogen-bond acceptors (Lipinski definition) is 5. The van der Waals surface area contributed by atoms with Crippen LogP contribution in [-0.2, 0) is 13.2 Å². The lowest BCUT2D eigenvalue weighted by molar-refractivity contribution is 0.276. The van der Waals surface area contributed by atoms with Gasteiger partial charge in [-0.05, 0) is 12.1 Å². The SMILES string of the molecule is O=c1[nH]c2ccccc2nc1Cn1cc(CO)nn1. The van der Waals surface area contributed by atoms with Crippen LogP contribution >= 0.6 is 0 Å². The Morgan fingerprint density at radius 1 is 1.32 bits per heavy atom. The van der Waals surface area contributed by atoms with E-state index < -0.39 is 0 Å². The molecule has 0 aliphatic carbocycles. The molecule has 2 N–H and O–H groups in total. The molecule has 0 fully saturated rings. The van der Waals surface area contributed by atoms with E-state index in [1.165, 1.54) is 4.68 Å². The van der Waals surface area contributed by atoms with E-state index in [0.29, 0.717) is 16.9 Å². The molecule has 0 saturated heterocycles. The lowest BCUT2D eigenvalue weighted by Crippen LogP contribution is -2.18. The van der Waals surface area contributed by atoms with Gasteiger partial charge in [-0.1, -0.05) is 17.3 Å². The summed E-state index contributed by atoms with van der Waals surface area (Å²) < 4.78 is 1.47. The molecule has 2 heterocycles. The Bertz CT molecular complexity index is 777. The average molecular weight is 257 g/mol. The van der Waals surface area contributed by atoms with Crippen molar-refractivity contribution in [3.63, 3.8) is 0 Å². The number of H-pyrrole nitrogens is 1. The van der Waals surface area contributed by atoms with Crippen LogP contribution < -0.4 is 5.56 Å². The van der Waals surface area contributed by atoms with Gasteiger partial charge in [-0.2, -0.15) is 0 Å². The van der Waals surface area contributed by atoms with Gasteiger partial charge < -0.3 is 10.1 Å². The Balaban J connectivity index is 2.00. The first-order chi connectivity index (χ1) is 9.26. The van der Waals surface area contributed by atoms with E-state index >= 15 is 0 Å². The summed E-state index contributed by atoms with van der Waals surface area (Å²) in [6.07, 6.45) is 1.58. The van der Waals surface area contributed by atoms with Gasteiger partial charge in [-0.25, -0.2) is 9.67 Å². The minimum atomic E-state index is -0.250. The molecule has 0 unspecified atom stereocenters. The summed E-state index contributed by atoms with van der Waals surface area (Å²) in [4.78, 5) is 19.0. The number of aliphatic hydroxyl groups is 1. The van der Waals surface area contributed by atoms with Crippen LogP contribution in [0.1, 0.15) is 11.4 Å². The van der Waals surface area contributed by atoms with Crippen LogP contribution in [0.25, 0.3) is 11.0 Å². The van der Waals surface area contributed by atoms with Crippen molar-refractivity contribution in [1.29, 1.82) is 0 Å². The molecule has 0 aliphatic rings. The lowest BCUT2D eigenvalue weighted by Gasteiger charge is -2.02. The van der Waals surface area contributed by atoms with Crippen molar-refractivity contribution in [2.24, 2.45) is 0 Å². The highest BCUT2D eigenvalue weighted by Crippen LogP contribution is 2.06. The molecule has 7 heteroatoms. The first-order valence-electron chi connectivity index (χ1n) is 5.74. The second-order valence-corrected chi connectivity index (χ2v) is 4.10. The molecule has 0 spiro atoms. The standard InChI is InChI=1S/C12H11N5O2/c18-7-8-5-17(16-15-8)6-11-12(19)14-10-4-2-1-3-9(10)13-11/h1-5,18H,6-7H2,(H,14,19). The summed E-state index contributed by atoms with van der Waals surface area (Å²) in [6.45, 7) is 0.0364. The molecule has 0 atom stereocenters. The molecule has 3 aromatic rings. The van der Waals surface area contributed by atoms with Crippen molar-refractivity contribution in [3.8, 4) is 0 Å². The summed E-state index contributed by atoms with van der Waals surface area (Å²) in [6, 6.07) is 7.32. The van der Waals surface area contributed by atoms with Gasteiger partial charge in [0.1, 0.15) is 11.4 Å². The predicted octanol–water partition coefficient (Wildman–Crippen LogP) is 0.0552. The van der Waals surface area contributed by atoms with Crippen molar-refractivity contribution in [1.82, 2.24) is 25.0 Å². The topological polar surface area (TPSA) is 96.7 Å². The molecule has 3 rings (SSSR count). The van der Waals surface area contributed by atoms with E-state index in [1.54, 1.807) is 12.3 Å². The van der Waals surface area contributed by atoms with Crippen molar-refractivity contribution in [2.75, 3.05) is 0 Å². The number of aromatic nitrogens is 5. The van der Waals surface area contributed by atoms with Gasteiger partial charge in [0.2, 0.25) is 0 Å². The maximum absolute atomic E-state index is 11.9. The molecule has 0 amide bonds. The van der Waals surface area contributed by atoms with E-state index in [0.717, 1.165) is 5.52 Å². The molecule has 7 nitrogen and oxygen atoms in total. The van der Waals surface area contributed by atoms with Gasteiger partial charge in [0.25, 0.3) is 5.56 Å². The van der Waals surface area contributed by atoms with E-state index in [1.807, 2.05) is 18.2 Å². The van der Waals surface area contributed by atoms with Gasteiger partial charge in [0.15, 0.2) is 0 Å². The third-order valence-electron chi connectivity index (χ3n) is 2.73. The number of nitrogens with zero attached hydrogens (tertiary/aromatic N) is 4. The molecule has 0 bridgehead atoms. The molecule has 2 aromatic heterocycles. The van der Waals surface area contributed by atoms with Crippen LogP contribution in [0.15, 0.2) is 35.3 Å². The predicted molar refractivity (Wildman–Crippen MR) is 67.4 cm³/mol. The third-order valence-corrected chi connectivity index (χ3v) is 2.73. The smallest absolute Gasteiger partial charge is 0.272 e. The van der Waals surface area contributed by atoms with E-state index in [2.05, 4.69) is 20.3 Å². The van der Waals surface area contributed by atoms with E-state index in [9.17, 15) is 4.79 Å². The zero-order chi connectivity index (χ0) is 13.2. The summed E-state index contributed by atoms with van der Waals surface area (Å²) >= 11 is 0. The fourth-order valence-corrected chi connectivity index (χ4v) is 1.82. The van der Waals surface area contributed by atoms with Crippen molar-refractivity contribution >= 4 is 11.0 Å². The van der Waals surface area contributed by atoms with Gasteiger partial charge in [0.05, 0.1) is 30.4 Å². The Labute approximate surface area is 107 Å². The number of nitrogens with one attached hydrogen (secondary N) is 1. The number of rotatable bonds is 3. The van der Waals surface area contributed by atoms with Crippen LogP contribution in [-0.4, -0.2) is 30.1 Å². The lowest BCUT2D eigenvalue weighted by atomic mass is 10.3. The number of benzene rings is 1. The fraction of sp³-hybridized carbons (Fsp3) is 0.167. The molecule has 96 valence electrons. The van der Waals surface area contributed by atoms with Crippen LogP contribution in [0.5, 0.6) is 0 Å². The highest BCUT2D eigenvalue weighted by Gasteiger charge is 2.07. The molecule has 0 aliphatic heterocycles. The van der Waals surface area contributed by atoms with Gasteiger partial charge in [-0.3, -0.25) is 4.79 Å². The number of para-hydroxylation sites is 2. The molecule has 1 aromatic carbocycles. The van der Waals surface area contributed by atoms with Crippen LogP contribution in [0, 0.1) is 0 Å². The van der Waals surface area contributed by atoms with Crippen LogP contribution in [0.2, 0.25) is 0 Å². The second kappa shape index (κ2) is 4.62. The largest absolute Gasteiger partial charge is 0.390 e. The summed E-state index contributed by atoms with van der Waals surface area (Å²) in [5.41, 5.74) is 1.98. The van der Waals surface area contributed by atoms with Gasteiger partial charge in [0, 0.05) is 0 Å². The van der Waals surface area contributed by atoms with Crippen LogP contribution in [0.3, 0.4) is 0 Å². The zero-order valence-corrected chi connectivity index (χ0v) is 9.95. The maximum Gasteiger partial charge on any atom is 0.272 e. The normalized spacial score (nSPS) is 11.0. The number of hydrogen-bond donors (Lipinski definition) is 2. The number of aliphatic hydroxyl groups excluding tert-OH is 1. The van der Waals surface area contributed by atoms with Gasteiger partial charge >= 0.3 is 0 Å². The summed E-state index contributed by atoms with van der Waals surface area (Å²) in [7, 11) is 0. The molecule has 0 radical (unpaired) electrons. The molecular formula is C12H11N5O2. The zero-order valence-electron chi connectivity index (χ0n) is 9.95. The summed E-state index contributed by atoms with van der Waals surface area (Å²) in [5, 5.41) is 16.5. The minimum Gasteiger partial charge on any atom is -0.390 e. The Hall–Kier alpha value is -2.54. The Kier molecular flexibility index (Phi) is 2.81. The van der Waals surface area contributed by atoms with E-state index in [-0.39, 0.29) is 18.7 Å². The Morgan fingerprint density at radius 2 is 2.16 bits per heavy atom.